The van der Waals surface area contributed by atoms with Crippen molar-refractivity contribution < 1.29 is 9.59 Å². The van der Waals surface area contributed by atoms with Gasteiger partial charge in [-0.2, -0.15) is 0 Å². The molecule has 103 valence electrons. The van der Waals surface area contributed by atoms with Crippen LogP contribution in [-0.4, -0.2) is 36.6 Å². The summed E-state index contributed by atoms with van der Waals surface area (Å²) in [7, 11) is 0. The molecule has 3 atom stereocenters. The van der Waals surface area contributed by atoms with E-state index in [9.17, 15) is 9.59 Å². The van der Waals surface area contributed by atoms with Crippen molar-refractivity contribution in [2.45, 2.75) is 57.8 Å². The van der Waals surface area contributed by atoms with Crippen molar-refractivity contribution in [3.8, 4) is 0 Å². The number of amides is 2. The minimum atomic E-state index is -0.603. The predicted molar refractivity (Wildman–Crippen MR) is 68.7 cm³/mol. The number of nitrogens with two attached hydrogens (primary N) is 1. The van der Waals surface area contributed by atoms with Gasteiger partial charge in [-0.05, 0) is 26.2 Å². The molecule has 1 aliphatic heterocycles. The minimum absolute atomic E-state index is 0.0935. The molecule has 4 N–H and O–H groups in total. The average Bonchev–Trinajstić information content (AvgIpc) is 2.80. The lowest BCUT2D eigenvalue weighted by Crippen LogP contribution is -2.53. The van der Waals surface area contributed by atoms with Crippen LogP contribution in [0.25, 0.3) is 0 Å². The Morgan fingerprint density at radius 3 is 2.67 bits per heavy atom. The molecule has 0 aromatic rings. The number of nitrogens with zero attached hydrogens (tertiary/aromatic N) is 1. The number of hydrogen-bond donors (Lipinski definition) is 3. The second-order valence-corrected chi connectivity index (χ2v) is 4.71. The van der Waals surface area contributed by atoms with Gasteiger partial charge < -0.3 is 16.4 Å². The molecule has 1 rings (SSSR count). The molecule has 1 heterocycles. The van der Waals surface area contributed by atoms with E-state index < -0.39 is 12.1 Å². The molecule has 0 bridgehead atoms. The normalized spacial score (nSPS) is 22.3. The second kappa shape index (κ2) is 7.33. The molecule has 18 heavy (non-hydrogen) atoms. The highest BCUT2D eigenvalue weighted by atomic mass is 16.2. The van der Waals surface area contributed by atoms with Crippen molar-refractivity contribution in [3.05, 3.63) is 0 Å². The SMILES string of the molecule is CCC[C@H](NC(=O)[C@H](C)N)C(=O)NC1CCC[N]1. The van der Waals surface area contributed by atoms with E-state index in [0.717, 1.165) is 25.8 Å². The zero-order valence-electron chi connectivity index (χ0n) is 11.1. The molecule has 0 aromatic carbocycles. The van der Waals surface area contributed by atoms with Gasteiger partial charge in [-0.3, -0.25) is 9.59 Å². The third kappa shape index (κ3) is 4.62. The van der Waals surface area contributed by atoms with Crippen molar-refractivity contribution in [1.82, 2.24) is 16.0 Å². The van der Waals surface area contributed by atoms with Crippen LogP contribution in [-0.2, 0) is 9.59 Å². The van der Waals surface area contributed by atoms with Crippen molar-refractivity contribution in [2.24, 2.45) is 5.73 Å². The number of rotatable bonds is 6. The van der Waals surface area contributed by atoms with Crippen LogP contribution >= 0.6 is 0 Å². The van der Waals surface area contributed by atoms with Crippen LogP contribution in [0, 0.1) is 0 Å². The highest BCUT2D eigenvalue weighted by Gasteiger charge is 2.25. The largest absolute Gasteiger partial charge is 0.343 e. The third-order valence-electron chi connectivity index (χ3n) is 2.92. The van der Waals surface area contributed by atoms with Crippen LogP contribution in [0.1, 0.15) is 39.5 Å². The van der Waals surface area contributed by atoms with E-state index >= 15 is 0 Å². The Hall–Kier alpha value is -1.14. The summed E-state index contributed by atoms with van der Waals surface area (Å²) in [5.74, 6) is -0.464. The number of hydrogen-bond acceptors (Lipinski definition) is 3. The lowest BCUT2D eigenvalue weighted by atomic mass is 10.1. The van der Waals surface area contributed by atoms with Crippen LogP contribution in [0.5, 0.6) is 0 Å². The van der Waals surface area contributed by atoms with Gasteiger partial charge in [-0.15, -0.1) is 0 Å². The van der Waals surface area contributed by atoms with Gasteiger partial charge in [-0.1, -0.05) is 13.3 Å². The third-order valence-corrected chi connectivity index (χ3v) is 2.92. The standard InChI is InChI=1S/C12H23N4O2/c1-3-5-9(15-11(17)8(2)13)12(18)16-10-6-4-7-14-10/h8-10H,3-7,13H2,1-2H3,(H,15,17)(H,16,18)/t8-,9-,10?/m0/s1. The number of carbonyl (C=O) groups is 2. The summed E-state index contributed by atoms with van der Waals surface area (Å²) < 4.78 is 0. The highest BCUT2D eigenvalue weighted by molar-refractivity contribution is 5.89. The Balaban J connectivity index is 2.48. The molecule has 0 aromatic heterocycles. The Morgan fingerprint density at radius 1 is 1.44 bits per heavy atom. The van der Waals surface area contributed by atoms with E-state index in [2.05, 4.69) is 16.0 Å². The van der Waals surface area contributed by atoms with Crippen molar-refractivity contribution in [1.29, 1.82) is 0 Å². The minimum Gasteiger partial charge on any atom is -0.343 e. The maximum absolute atomic E-state index is 12.0. The van der Waals surface area contributed by atoms with E-state index in [-0.39, 0.29) is 18.0 Å². The fraction of sp³-hybridized carbons (Fsp3) is 0.833. The summed E-state index contributed by atoms with van der Waals surface area (Å²) in [6.45, 7) is 4.37. The Kier molecular flexibility index (Phi) is 6.07. The van der Waals surface area contributed by atoms with Crippen molar-refractivity contribution in [3.63, 3.8) is 0 Å². The lowest BCUT2D eigenvalue weighted by molar-refractivity contribution is -0.130. The van der Waals surface area contributed by atoms with Crippen LogP contribution < -0.4 is 21.7 Å². The topological polar surface area (TPSA) is 98.3 Å². The average molecular weight is 255 g/mol. The van der Waals surface area contributed by atoms with Gasteiger partial charge in [0, 0.05) is 6.54 Å². The molecule has 0 spiro atoms. The predicted octanol–water partition coefficient (Wildman–Crippen LogP) is -0.541. The van der Waals surface area contributed by atoms with Crippen LogP contribution in [0.2, 0.25) is 0 Å². The molecule has 1 radical (unpaired) electrons. The van der Waals surface area contributed by atoms with Crippen LogP contribution in [0.15, 0.2) is 0 Å². The summed E-state index contributed by atoms with van der Waals surface area (Å²) in [5, 5.41) is 9.78. The zero-order valence-corrected chi connectivity index (χ0v) is 11.1. The van der Waals surface area contributed by atoms with Gasteiger partial charge in [0.1, 0.15) is 6.04 Å². The van der Waals surface area contributed by atoms with E-state index in [1.54, 1.807) is 6.92 Å². The molecule has 1 aliphatic rings. The number of nitrogens with one attached hydrogen (secondary N) is 2. The smallest absolute Gasteiger partial charge is 0.243 e. The first kappa shape index (κ1) is 14.9. The van der Waals surface area contributed by atoms with Crippen LogP contribution in [0.3, 0.4) is 0 Å². The van der Waals surface area contributed by atoms with Gasteiger partial charge >= 0.3 is 0 Å². The Bertz CT molecular complexity index is 288. The molecule has 6 heteroatoms. The first-order chi connectivity index (χ1) is 8.54. The second-order valence-electron chi connectivity index (χ2n) is 4.71. The van der Waals surface area contributed by atoms with Gasteiger partial charge in [0.05, 0.1) is 12.2 Å². The zero-order chi connectivity index (χ0) is 13.5. The van der Waals surface area contributed by atoms with Gasteiger partial charge in [0.15, 0.2) is 0 Å². The maximum Gasteiger partial charge on any atom is 0.243 e. The van der Waals surface area contributed by atoms with Gasteiger partial charge in [0.2, 0.25) is 11.8 Å². The molecule has 2 amide bonds. The fourth-order valence-electron chi connectivity index (χ4n) is 1.87. The first-order valence-corrected chi connectivity index (χ1v) is 6.57. The fourth-order valence-corrected chi connectivity index (χ4v) is 1.87. The Morgan fingerprint density at radius 2 is 2.17 bits per heavy atom. The summed E-state index contributed by atoms with van der Waals surface area (Å²) in [6.07, 6.45) is 3.22. The summed E-state index contributed by atoms with van der Waals surface area (Å²) in [5.41, 5.74) is 5.48. The molecule has 1 saturated heterocycles. The van der Waals surface area contributed by atoms with Gasteiger partial charge in [0.25, 0.3) is 0 Å². The number of carbonyl (C=O) groups excluding carboxylic acids is 2. The molecule has 0 aliphatic carbocycles. The van der Waals surface area contributed by atoms with Crippen molar-refractivity contribution >= 4 is 11.8 Å². The van der Waals surface area contributed by atoms with E-state index in [0.29, 0.717) is 6.42 Å². The lowest BCUT2D eigenvalue weighted by Gasteiger charge is -2.21. The first-order valence-electron chi connectivity index (χ1n) is 6.57. The monoisotopic (exact) mass is 255 g/mol. The molecular formula is C12H23N4O2. The summed E-state index contributed by atoms with van der Waals surface area (Å²) in [4.78, 5) is 23.6. The van der Waals surface area contributed by atoms with E-state index in [1.165, 1.54) is 0 Å². The molecule has 6 nitrogen and oxygen atoms in total. The molecular weight excluding hydrogens is 232 g/mol. The van der Waals surface area contributed by atoms with E-state index in [4.69, 9.17) is 5.73 Å². The molecule has 1 fully saturated rings. The summed E-state index contributed by atoms with van der Waals surface area (Å²) in [6, 6.07) is -1.11. The van der Waals surface area contributed by atoms with Crippen LogP contribution in [0.4, 0.5) is 0 Å². The maximum atomic E-state index is 12.0. The molecule has 1 unspecified atom stereocenters. The van der Waals surface area contributed by atoms with Crippen molar-refractivity contribution in [2.75, 3.05) is 6.54 Å². The molecule has 0 saturated carbocycles. The van der Waals surface area contributed by atoms with E-state index in [1.807, 2.05) is 6.92 Å². The van der Waals surface area contributed by atoms with Gasteiger partial charge in [-0.25, -0.2) is 5.32 Å². The Labute approximate surface area is 108 Å². The summed E-state index contributed by atoms with van der Waals surface area (Å²) >= 11 is 0. The quantitative estimate of drug-likeness (QED) is 0.594. The highest BCUT2D eigenvalue weighted by Crippen LogP contribution is 2.05.